The van der Waals surface area contributed by atoms with Gasteiger partial charge in [0.05, 0.1) is 5.60 Å². The summed E-state index contributed by atoms with van der Waals surface area (Å²) in [5.41, 5.74) is 1.05. The van der Waals surface area contributed by atoms with Gasteiger partial charge in [-0.3, -0.25) is 0 Å². The van der Waals surface area contributed by atoms with Crippen LogP contribution in [0.2, 0.25) is 0 Å². The number of hydrogen-bond acceptors (Lipinski definition) is 1. The second kappa shape index (κ2) is 9.66. The lowest BCUT2D eigenvalue weighted by Crippen LogP contribution is -2.38. The fourth-order valence-electron chi connectivity index (χ4n) is 0.306. The van der Waals surface area contributed by atoms with E-state index in [-0.39, 0.29) is 11.0 Å². The Morgan fingerprint density at radius 1 is 0.810 bits per heavy atom. The highest BCUT2D eigenvalue weighted by Gasteiger charge is 2.32. The first kappa shape index (κ1) is 25.6. The average molecular weight is 301 g/mol. The first-order valence-corrected chi connectivity index (χ1v) is 8.12. The largest absolute Gasteiger partial charge is 0.378 e. The Kier molecular flexibility index (Phi) is 11.8. The minimum absolute atomic E-state index is 0.0208. The molecule has 1 nitrogen and oxygen atoms in total. The van der Waals surface area contributed by atoms with Crippen LogP contribution in [0.1, 0.15) is 89.5 Å². The van der Waals surface area contributed by atoms with Crippen LogP contribution in [-0.4, -0.2) is 12.7 Å². The third-order valence-corrected chi connectivity index (χ3v) is 3.99. The highest BCUT2D eigenvalue weighted by Crippen LogP contribution is 2.31. The molecule has 0 N–H and O–H groups in total. The standard InChI is InChI=1S/C8H18O.C6H14.C6H12/c1-7(2,3)8(4,5)9-6;2*1-5-6(2,3)4/h1-6H3;5H2,1-4H3;5H,1H2,2-4H3. The summed E-state index contributed by atoms with van der Waals surface area (Å²) in [7, 11) is 1.76. The molecule has 0 rings (SSSR count). The van der Waals surface area contributed by atoms with Crippen LogP contribution >= 0.6 is 0 Å². The van der Waals surface area contributed by atoms with Gasteiger partial charge in [0.15, 0.2) is 0 Å². The van der Waals surface area contributed by atoms with E-state index in [9.17, 15) is 0 Å². The Bertz CT molecular complexity index is 253. The molecule has 0 amide bonds. The zero-order valence-electron chi connectivity index (χ0n) is 17.4. The van der Waals surface area contributed by atoms with Gasteiger partial charge in [0.25, 0.3) is 0 Å². The molecule has 0 fully saturated rings. The summed E-state index contributed by atoms with van der Waals surface area (Å²) in [4.78, 5) is 0. The second-order valence-electron chi connectivity index (χ2n) is 9.45. The Morgan fingerprint density at radius 2 is 1.05 bits per heavy atom. The fourth-order valence-corrected chi connectivity index (χ4v) is 0.306. The van der Waals surface area contributed by atoms with Gasteiger partial charge in [-0.15, -0.1) is 6.58 Å². The van der Waals surface area contributed by atoms with Crippen LogP contribution in [0.15, 0.2) is 12.7 Å². The van der Waals surface area contributed by atoms with Crippen LogP contribution in [0.5, 0.6) is 0 Å². The monoisotopic (exact) mass is 300 g/mol. The maximum Gasteiger partial charge on any atom is 0.0670 e. The quantitative estimate of drug-likeness (QED) is 0.468. The molecule has 0 aliphatic carbocycles. The van der Waals surface area contributed by atoms with Crippen LogP contribution in [0.4, 0.5) is 0 Å². The molecule has 0 unspecified atom stereocenters. The summed E-state index contributed by atoms with van der Waals surface area (Å²) < 4.78 is 5.30. The third kappa shape index (κ3) is 19.7. The predicted octanol–water partition coefficient (Wildman–Crippen LogP) is 7.12. The lowest BCUT2D eigenvalue weighted by molar-refractivity contribution is -0.0620. The first-order valence-electron chi connectivity index (χ1n) is 8.12. The van der Waals surface area contributed by atoms with E-state index < -0.39 is 0 Å². The molecular weight excluding hydrogens is 256 g/mol. The highest BCUT2D eigenvalue weighted by atomic mass is 16.5. The van der Waals surface area contributed by atoms with Crippen molar-refractivity contribution < 1.29 is 4.74 Å². The topological polar surface area (TPSA) is 9.23 Å². The van der Waals surface area contributed by atoms with Crippen molar-refractivity contribution >= 4 is 0 Å². The number of rotatable bonds is 1. The van der Waals surface area contributed by atoms with Crippen molar-refractivity contribution in [1.29, 1.82) is 0 Å². The van der Waals surface area contributed by atoms with E-state index >= 15 is 0 Å². The molecule has 0 bridgehead atoms. The molecule has 0 saturated carbocycles. The molecule has 21 heavy (non-hydrogen) atoms. The van der Waals surface area contributed by atoms with Gasteiger partial charge in [-0.1, -0.05) is 81.7 Å². The average Bonchev–Trinajstić information content (AvgIpc) is 2.27. The zero-order valence-corrected chi connectivity index (χ0v) is 17.4. The first-order chi connectivity index (χ1) is 8.93. The predicted molar refractivity (Wildman–Crippen MR) is 99.9 cm³/mol. The molecule has 0 heterocycles. The zero-order chi connectivity index (χ0) is 18.1. The molecule has 1 heteroatoms. The van der Waals surface area contributed by atoms with Crippen molar-refractivity contribution in [3.05, 3.63) is 12.7 Å². The molecule has 0 spiro atoms. The van der Waals surface area contributed by atoms with Crippen LogP contribution < -0.4 is 0 Å². The van der Waals surface area contributed by atoms with Crippen LogP contribution in [-0.2, 0) is 4.74 Å². The smallest absolute Gasteiger partial charge is 0.0670 e. The van der Waals surface area contributed by atoms with Crippen molar-refractivity contribution in [1.82, 2.24) is 0 Å². The van der Waals surface area contributed by atoms with Gasteiger partial charge in [0.2, 0.25) is 0 Å². The van der Waals surface area contributed by atoms with Crippen molar-refractivity contribution in [3.8, 4) is 0 Å². The molecule has 130 valence electrons. The minimum atomic E-state index is -0.0208. The van der Waals surface area contributed by atoms with Gasteiger partial charge < -0.3 is 4.74 Å². The number of hydrogen-bond donors (Lipinski definition) is 0. The van der Waals surface area contributed by atoms with E-state index in [0.29, 0.717) is 10.8 Å². The minimum Gasteiger partial charge on any atom is -0.378 e. The number of ether oxygens (including phenoxy) is 1. The lowest BCUT2D eigenvalue weighted by Gasteiger charge is -2.37. The SMILES string of the molecule is C=CC(C)(C)C.CCC(C)(C)C.COC(C)(C)C(C)(C)C. The van der Waals surface area contributed by atoms with Gasteiger partial charge in [-0.2, -0.15) is 0 Å². The molecule has 0 aromatic rings. The molecule has 0 radical (unpaired) electrons. The summed E-state index contributed by atoms with van der Waals surface area (Å²) in [5, 5.41) is 0. The van der Waals surface area contributed by atoms with Crippen molar-refractivity contribution in [2.75, 3.05) is 7.11 Å². The molecule has 0 aliphatic rings. The summed E-state index contributed by atoms with van der Waals surface area (Å²) in [6.45, 7) is 29.7. The fraction of sp³-hybridized carbons (Fsp3) is 0.900. The molecule has 0 aromatic heterocycles. The van der Waals surface area contributed by atoms with E-state index in [2.05, 4.69) is 89.7 Å². The van der Waals surface area contributed by atoms with Crippen LogP contribution in [0.3, 0.4) is 0 Å². The van der Waals surface area contributed by atoms with Crippen molar-refractivity contribution in [2.24, 2.45) is 16.2 Å². The molecule has 0 aliphatic heterocycles. The second-order valence-corrected chi connectivity index (χ2v) is 9.45. The Hall–Kier alpha value is -0.300. The molecular formula is C20H44O. The Balaban J connectivity index is -0.000000240. The van der Waals surface area contributed by atoms with E-state index in [1.807, 2.05) is 6.08 Å². The van der Waals surface area contributed by atoms with Gasteiger partial charge in [0, 0.05) is 7.11 Å². The van der Waals surface area contributed by atoms with E-state index in [4.69, 9.17) is 4.74 Å². The van der Waals surface area contributed by atoms with Gasteiger partial charge in [-0.05, 0) is 30.1 Å². The molecule has 0 saturated heterocycles. The Morgan fingerprint density at radius 3 is 1.05 bits per heavy atom. The van der Waals surface area contributed by atoms with Crippen molar-refractivity contribution in [2.45, 2.75) is 95.1 Å². The normalized spacial score (nSPS) is 12.6. The summed E-state index contributed by atoms with van der Waals surface area (Å²) >= 11 is 0. The number of allylic oxidation sites excluding steroid dienone is 1. The molecule has 0 aromatic carbocycles. The van der Waals surface area contributed by atoms with Gasteiger partial charge in [-0.25, -0.2) is 0 Å². The van der Waals surface area contributed by atoms with Crippen LogP contribution in [0, 0.1) is 16.2 Å². The van der Waals surface area contributed by atoms with E-state index in [1.54, 1.807) is 7.11 Å². The third-order valence-electron chi connectivity index (χ3n) is 3.99. The van der Waals surface area contributed by atoms with E-state index in [0.717, 1.165) is 0 Å². The van der Waals surface area contributed by atoms with Crippen LogP contribution in [0.25, 0.3) is 0 Å². The molecule has 0 atom stereocenters. The summed E-state index contributed by atoms with van der Waals surface area (Å²) in [5.74, 6) is 0. The summed E-state index contributed by atoms with van der Waals surface area (Å²) in [6.07, 6.45) is 3.21. The maximum atomic E-state index is 5.30. The maximum absolute atomic E-state index is 5.30. The van der Waals surface area contributed by atoms with E-state index in [1.165, 1.54) is 6.42 Å². The van der Waals surface area contributed by atoms with Gasteiger partial charge >= 0.3 is 0 Å². The summed E-state index contributed by atoms with van der Waals surface area (Å²) in [6, 6.07) is 0. The van der Waals surface area contributed by atoms with Crippen molar-refractivity contribution in [3.63, 3.8) is 0 Å². The Labute approximate surface area is 136 Å². The van der Waals surface area contributed by atoms with Gasteiger partial charge in [0.1, 0.15) is 0 Å². The lowest BCUT2D eigenvalue weighted by atomic mass is 9.79. The highest BCUT2D eigenvalue weighted by molar-refractivity contribution is 4.83. The number of methoxy groups -OCH3 is 1.